The molecule has 2 aromatic rings. The van der Waals surface area contributed by atoms with Gasteiger partial charge in [-0.2, -0.15) is 0 Å². The maximum Gasteiger partial charge on any atom is 0.264 e. The molecule has 1 heterocycles. The van der Waals surface area contributed by atoms with Gasteiger partial charge >= 0.3 is 0 Å². The lowest BCUT2D eigenvalue weighted by molar-refractivity contribution is -0.115. The fourth-order valence-electron chi connectivity index (χ4n) is 2.65. The summed E-state index contributed by atoms with van der Waals surface area (Å²) in [7, 11) is 1.55. The van der Waals surface area contributed by atoms with Crippen LogP contribution in [0.25, 0.3) is 6.08 Å². The average Bonchev–Trinajstić information content (AvgIpc) is 3.02. The van der Waals surface area contributed by atoms with Crippen molar-refractivity contribution < 1.29 is 14.3 Å². The van der Waals surface area contributed by atoms with Gasteiger partial charge in [0.25, 0.3) is 5.91 Å². The Labute approximate surface area is 182 Å². The summed E-state index contributed by atoms with van der Waals surface area (Å²) in [6, 6.07) is 9.54. The third kappa shape index (κ3) is 5.03. The Balaban J connectivity index is 1.94. The molecular weight excluding hydrogens is 452 g/mol. The number of nitrogens with one attached hydrogen (secondary N) is 1. The summed E-state index contributed by atoms with van der Waals surface area (Å²) < 4.78 is 11.8. The Hall–Kier alpha value is -2.69. The Morgan fingerprint density at radius 1 is 1.28 bits per heavy atom. The largest absolute Gasteiger partial charge is 0.493 e. The van der Waals surface area contributed by atoms with Crippen molar-refractivity contribution in [1.82, 2.24) is 5.32 Å². The first-order valence-corrected chi connectivity index (χ1v) is 10.3. The van der Waals surface area contributed by atoms with Gasteiger partial charge in [0.2, 0.25) is 0 Å². The van der Waals surface area contributed by atoms with E-state index in [0.717, 1.165) is 15.7 Å². The van der Waals surface area contributed by atoms with Gasteiger partial charge in [0, 0.05) is 10.0 Å². The van der Waals surface area contributed by atoms with E-state index in [1.807, 2.05) is 38.1 Å². The number of amides is 1. The van der Waals surface area contributed by atoms with Gasteiger partial charge in [-0.15, -0.1) is 6.42 Å². The molecule has 0 radical (unpaired) electrons. The molecule has 3 rings (SSSR count). The molecule has 1 aliphatic rings. The number of nitrogens with zero attached hydrogens (tertiary/aromatic N) is 1. The number of ether oxygens (including phenoxy) is 2. The molecule has 1 N–H and O–H groups in total. The molecule has 0 aromatic heterocycles. The van der Waals surface area contributed by atoms with E-state index in [-0.39, 0.29) is 12.5 Å². The first-order chi connectivity index (χ1) is 13.9. The Morgan fingerprint density at radius 3 is 2.76 bits per heavy atom. The van der Waals surface area contributed by atoms with Crippen LogP contribution in [0.2, 0.25) is 0 Å². The molecular formula is C22H19BrN2O3S. The van der Waals surface area contributed by atoms with Gasteiger partial charge in [-0.1, -0.05) is 27.9 Å². The van der Waals surface area contributed by atoms with Gasteiger partial charge in [0.05, 0.1) is 17.7 Å². The summed E-state index contributed by atoms with van der Waals surface area (Å²) in [6.07, 6.45) is 7.06. The topological polar surface area (TPSA) is 59.9 Å². The summed E-state index contributed by atoms with van der Waals surface area (Å²) in [5.41, 5.74) is 3.81. The lowest BCUT2D eigenvalue weighted by atomic mass is 10.1. The fraction of sp³-hybridized carbons (Fsp3) is 0.182. The van der Waals surface area contributed by atoms with Crippen molar-refractivity contribution in [3.05, 3.63) is 56.4 Å². The Bertz CT molecular complexity index is 1070. The van der Waals surface area contributed by atoms with Crippen LogP contribution in [0.1, 0.15) is 16.7 Å². The molecule has 29 heavy (non-hydrogen) atoms. The molecule has 5 nitrogen and oxygen atoms in total. The van der Waals surface area contributed by atoms with E-state index in [0.29, 0.717) is 27.1 Å². The minimum Gasteiger partial charge on any atom is -0.493 e. The summed E-state index contributed by atoms with van der Waals surface area (Å²) in [4.78, 5) is 17.5. The highest BCUT2D eigenvalue weighted by atomic mass is 79.9. The zero-order valence-electron chi connectivity index (χ0n) is 16.2. The number of hydrogen-bond donors (Lipinski definition) is 1. The van der Waals surface area contributed by atoms with Crippen LogP contribution in [0.5, 0.6) is 11.5 Å². The van der Waals surface area contributed by atoms with Gasteiger partial charge in [-0.25, -0.2) is 4.99 Å². The van der Waals surface area contributed by atoms with Crippen LogP contribution in [0, 0.1) is 26.2 Å². The maximum atomic E-state index is 12.5. The molecule has 0 saturated carbocycles. The Kier molecular flexibility index (Phi) is 6.68. The van der Waals surface area contributed by atoms with Gasteiger partial charge < -0.3 is 14.8 Å². The number of terminal acetylenes is 1. The number of amidine groups is 1. The summed E-state index contributed by atoms with van der Waals surface area (Å²) in [5, 5.41) is 3.33. The maximum absolute atomic E-state index is 12.5. The van der Waals surface area contributed by atoms with Crippen LogP contribution in [0.3, 0.4) is 0 Å². The molecule has 2 aromatic carbocycles. The zero-order chi connectivity index (χ0) is 21.0. The van der Waals surface area contributed by atoms with E-state index in [1.165, 1.54) is 17.3 Å². The number of aryl methyl sites for hydroxylation is 2. The number of methoxy groups -OCH3 is 1. The highest BCUT2D eigenvalue weighted by Crippen LogP contribution is 2.38. The van der Waals surface area contributed by atoms with E-state index in [4.69, 9.17) is 15.9 Å². The number of aliphatic imine (C=N–C) groups is 1. The van der Waals surface area contributed by atoms with Gasteiger partial charge in [-0.3, -0.25) is 4.79 Å². The smallest absolute Gasteiger partial charge is 0.264 e. The SMILES string of the molecule is C#CCOc1c(/C=C2\SC(=Nc3ccc(C)c(C)c3)NC2=O)cc(Br)cc1OC. The number of carbonyl (C=O) groups is 1. The van der Waals surface area contributed by atoms with Crippen LogP contribution < -0.4 is 14.8 Å². The quantitative estimate of drug-likeness (QED) is 0.494. The second-order valence-electron chi connectivity index (χ2n) is 6.27. The number of benzene rings is 2. The normalized spacial score (nSPS) is 16.0. The van der Waals surface area contributed by atoms with E-state index in [1.54, 1.807) is 19.3 Å². The van der Waals surface area contributed by atoms with Crippen molar-refractivity contribution in [3.8, 4) is 23.8 Å². The molecule has 1 fully saturated rings. The molecule has 0 bridgehead atoms. The molecule has 1 aliphatic heterocycles. The van der Waals surface area contributed by atoms with E-state index in [9.17, 15) is 4.79 Å². The van der Waals surface area contributed by atoms with Gasteiger partial charge in [0.15, 0.2) is 16.7 Å². The molecule has 1 amide bonds. The third-order valence-corrected chi connectivity index (χ3v) is 5.59. The van der Waals surface area contributed by atoms with Crippen molar-refractivity contribution in [2.45, 2.75) is 13.8 Å². The second kappa shape index (κ2) is 9.21. The van der Waals surface area contributed by atoms with Crippen molar-refractivity contribution in [3.63, 3.8) is 0 Å². The van der Waals surface area contributed by atoms with Crippen molar-refractivity contribution >= 4 is 50.5 Å². The van der Waals surface area contributed by atoms with Crippen LogP contribution >= 0.6 is 27.7 Å². The van der Waals surface area contributed by atoms with Gasteiger partial charge in [-0.05, 0) is 67.1 Å². The lowest BCUT2D eigenvalue weighted by Crippen LogP contribution is -2.19. The molecule has 7 heteroatoms. The highest BCUT2D eigenvalue weighted by molar-refractivity contribution is 9.10. The minimum atomic E-state index is -0.223. The molecule has 0 spiro atoms. The first-order valence-electron chi connectivity index (χ1n) is 8.72. The van der Waals surface area contributed by atoms with Crippen LogP contribution in [-0.2, 0) is 4.79 Å². The molecule has 0 aliphatic carbocycles. The van der Waals surface area contributed by atoms with E-state index in [2.05, 4.69) is 32.2 Å². The molecule has 1 saturated heterocycles. The molecule has 0 atom stereocenters. The van der Waals surface area contributed by atoms with Crippen molar-refractivity contribution in [2.75, 3.05) is 13.7 Å². The number of rotatable bonds is 5. The highest BCUT2D eigenvalue weighted by Gasteiger charge is 2.25. The summed E-state index contributed by atoms with van der Waals surface area (Å²) in [5.74, 6) is 3.22. The van der Waals surface area contributed by atoms with Crippen LogP contribution in [0.4, 0.5) is 5.69 Å². The third-order valence-electron chi connectivity index (χ3n) is 4.23. The number of carbonyl (C=O) groups excluding carboxylic acids is 1. The van der Waals surface area contributed by atoms with Gasteiger partial charge in [0.1, 0.15) is 6.61 Å². The van der Waals surface area contributed by atoms with Crippen LogP contribution in [0.15, 0.2) is 44.7 Å². The van der Waals surface area contributed by atoms with Crippen molar-refractivity contribution in [1.29, 1.82) is 0 Å². The number of hydrogen-bond acceptors (Lipinski definition) is 5. The minimum absolute atomic E-state index is 0.0903. The Morgan fingerprint density at radius 2 is 2.07 bits per heavy atom. The molecule has 0 unspecified atom stereocenters. The predicted molar refractivity (Wildman–Crippen MR) is 122 cm³/mol. The van der Waals surface area contributed by atoms with Crippen LogP contribution in [-0.4, -0.2) is 24.8 Å². The van der Waals surface area contributed by atoms with E-state index < -0.39 is 0 Å². The first kappa shape index (κ1) is 21.0. The number of halogens is 1. The van der Waals surface area contributed by atoms with Crippen molar-refractivity contribution in [2.24, 2.45) is 4.99 Å². The average molecular weight is 471 g/mol. The summed E-state index contributed by atoms with van der Waals surface area (Å²) >= 11 is 4.72. The summed E-state index contributed by atoms with van der Waals surface area (Å²) in [6.45, 7) is 4.17. The van der Waals surface area contributed by atoms with E-state index >= 15 is 0 Å². The molecule has 148 valence electrons. The fourth-order valence-corrected chi connectivity index (χ4v) is 3.94. The zero-order valence-corrected chi connectivity index (χ0v) is 18.6. The lowest BCUT2D eigenvalue weighted by Gasteiger charge is -2.12. The number of thioether (sulfide) groups is 1. The predicted octanol–water partition coefficient (Wildman–Crippen LogP) is 4.98. The monoisotopic (exact) mass is 470 g/mol. The second-order valence-corrected chi connectivity index (χ2v) is 8.22. The standard InChI is InChI=1S/C22H19BrN2O3S/c1-5-8-28-20-15(10-16(23)12-18(20)27-4)11-19-21(26)25-22(29-19)24-17-7-6-13(2)14(3)9-17/h1,6-7,9-12H,8H2,2-4H3,(H,24,25,26)/b19-11-.